The van der Waals surface area contributed by atoms with Gasteiger partial charge >= 0.3 is 0 Å². The summed E-state index contributed by atoms with van der Waals surface area (Å²) in [4.78, 5) is 1.13. The van der Waals surface area contributed by atoms with Crippen LogP contribution in [-0.2, 0) is 6.42 Å². The lowest BCUT2D eigenvalue weighted by Gasteiger charge is -2.13. The maximum absolute atomic E-state index is 10.3. The van der Waals surface area contributed by atoms with E-state index < -0.39 is 6.10 Å². The average molecular weight is 343 g/mol. The molecule has 1 aromatic carbocycles. The molecule has 19 heavy (non-hydrogen) atoms. The number of hydrogen-bond donors (Lipinski definition) is 1. The van der Waals surface area contributed by atoms with E-state index in [2.05, 4.69) is 15.9 Å². The second-order valence-electron chi connectivity index (χ2n) is 4.07. The zero-order valence-electron chi connectivity index (χ0n) is 10.7. The summed E-state index contributed by atoms with van der Waals surface area (Å²) in [6, 6.07) is 7.50. The number of thiophene rings is 1. The minimum Gasteiger partial charge on any atom is -0.493 e. The second kappa shape index (κ2) is 6.41. The van der Waals surface area contributed by atoms with E-state index in [0.717, 1.165) is 14.9 Å². The number of rotatable bonds is 5. The average Bonchev–Trinajstić information content (AvgIpc) is 2.83. The number of hydrogen-bond acceptors (Lipinski definition) is 4. The maximum atomic E-state index is 10.3. The van der Waals surface area contributed by atoms with Crippen LogP contribution in [0.4, 0.5) is 0 Å². The minimum atomic E-state index is -0.551. The molecule has 0 amide bonds. The van der Waals surface area contributed by atoms with Crippen LogP contribution in [0, 0.1) is 0 Å². The third-order valence-corrected chi connectivity index (χ3v) is 4.53. The van der Waals surface area contributed by atoms with Crippen molar-refractivity contribution >= 4 is 27.3 Å². The molecule has 0 spiro atoms. The SMILES string of the molecule is COc1ccc(C(O)Cc2cc(Br)cs2)cc1OC. The molecule has 3 nitrogen and oxygen atoms in total. The molecule has 102 valence electrons. The molecule has 0 saturated heterocycles. The van der Waals surface area contributed by atoms with Crippen molar-refractivity contribution in [1.29, 1.82) is 0 Å². The fourth-order valence-electron chi connectivity index (χ4n) is 1.83. The largest absolute Gasteiger partial charge is 0.493 e. The Hall–Kier alpha value is -1.04. The molecule has 1 unspecified atom stereocenters. The predicted octanol–water partition coefficient (Wildman–Crippen LogP) is 3.80. The molecule has 1 N–H and O–H groups in total. The Morgan fingerprint density at radius 2 is 1.95 bits per heavy atom. The molecule has 2 rings (SSSR count). The Kier molecular flexibility index (Phi) is 4.85. The Bertz CT molecular complexity index is 553. The molecular formula is C14H15BrO3S. The molecule has 1 heterocycles. The van der Waals surface area contributed by atoms with Gasteiger partial charge in [0, 0.05) is 21.2 Å². The summed E-state index contributed by atoms with van der Waals surface area (Å²) in [6.45, 7) is 0. The van der Waals surface area contributed by atoms with E-state index in [1.54, 1.807) is 25.6 Å². The normalized spacial score (nSPS) is 12.2. The van der Waals surface area contributed by atoms with Gasteiger partial charge in [-0.15, -0.1) is 11.3 Å². The summed E-state index contributed by atoms with van der Waals surface area (Å²) < 4.78 is 11.5. The lowest BCUT2D eigenvalue weighted by atomic mass is 10.1. The first-order valence-electron chi connectivity index (χ1n) is 5.77. The zero-order chi connectivity index (χ0) is 13.8. The summed E-state index contributed by atoms with van der Waals surface area (Å²) in [5.41, 5.74) is 0.821. The molecule has 0 aliphatic heterocycles. The van der Waals surface area contributed by atoms with Crippen LogP contribution in [-0.4, -0.2) is 19.3 Å². The van der Waals surface area contributed by atoms with Crippen LogP contribution in [0.5, 0.6) is 11.5 Å². The van der Waals surface area contributed by atoms with Crippen molar-refractivity contribution in [2.24, 2.45) is 0 Å². The highest BCUT2D eigenvalue weighted by Crippen LogP contribution is 2.32. The van der Waals surface area contributed by atoms with Crippen molar-refractivity contribution in [3.63, 3.8) is 0 Å². The number of methoxy groups -OCH3 is 2. The molecule has 0 aliphatic carbocycles. The third-order valence-electron chi connectivity index (χ3n) is 2.81. The lowest BCUT2D eigenvalue weighted by Crippen LogP contribution is -2.01. The quantitative estimate of drug-likeness (QED) is 0.897. The van der Waals surface area contributed by atoms with Gasteiger partial charge in [0.05, 0.1) is 20.3 Å². The Morgan fingerprint density at radius 1 is 1.21 bits per heavy atom. The fourth-order valence-corrected chi connectivity index (χ4v) is 3.32. The van der Waals surface area contributed by atoms with Crippen molar-refractivity contribution in [3.05, 3.63) is 44.6 Å². The molecule has 1 atom stereocenters. The molecule has 2 aromatic rings. The topological polar surface area (TPSA) is 38.7 Å². The number of aliphatic hydroxyl groups is 1. The van der Waals surface area contributed by atoms with E-state index in [4.69, 9.17) is 9.47 Å². The first-order valence-corrected chi connectivity index (χ1v) is 7.44. The molecule has 1 aromatic heterocycles. The highest BCUT2D eigenvalue weighted by atomic mass is 79.9. The highest BCUT2D eigenvalue weighted by molar-refractivity contribution is 9.10. The zero-order valence-corrected chi connectivity index (χ0v) is 13.1. The Labute approximate surface area is 124 Å². The summed E-state index contributed by atoms with van der Waals surface area (Å²) >= 11 is 5.04. The fraction of sp³-hybridized carbons (Fsp3) is 0.286. The predicted molar refractivity (Wildman–Crippen MR) is 80.2 cm³/mol. The van der Waals surface area contributed by atoms with Gasteiger partial charge in [0.25, 0.3) is 0 Å². The van der Waals surface area contributed by atoms with Gasteiger partial charge in [-0.2, -0.15) is 0 Å². The number of aliphatic hydroxyl groups excluding tert-OH is 1. The molecular weight excluding hydrogens is 328 g/mol. The standard InChI is InChI=1S/C14H15BrO3S/c1-17-13-4-3-9(5-14(13)18-2)12(16)7-11-6-10(15)8-19-11/h3-6,8,12,16H,7H2,1-2H3. The van der Waals surface area contributed by atoms with Crippen LogP contribution in [0.2, 0.25) is 0 Å². The van der Waals surface area contributed by atoms with Gasteiger partial charge in [0.1, 0.15) is 0 Å². The van der Waals surface area contributed by atoms with E-state index in [0.29, 0.717) is 17.9 Å². The van der Waals surface area contributed by atoms with Gasteiger partial charge < -0.3 is 14.6 Å². The summed E-state index contributed by atoms with van der Waals surface area (Å²) in [6.07, 6.45) is 0.0384. The van der Waals surface area contributed by atoms with Gasteiger partial charge in [-0.25, -0.2) is 0 Å². The van der Waals surface area contributed by atoms with Gasteiger partial charge in [-0.05, 0) is 39.7 Å². The Morgan fingerprint density at radius 3 is 2.53 bits per heavy atom. The van der Waals surface area contributed by atoms with E-state index in [1.807, 2.05) is 29.6 Å². The van der Waals surface area contributed by atoms with Gasteiger partial charge in [0.15, 0.2) is 11.5 Å². The van der Waals surface area contributed by atoms with Crippen LogP contribution < -0.4 is 9.47 Å². The van der Waals surface area contributed by atoms with Crippen molar-refractivity contribution in [1.82, 2.24) is 0 Å². The summed E-state index contributed by atoms with van der Waals surface area (Å²) in [5, 5.41) is 12.3. The molecule has 0 aliphatic rings. The summed E-state index contributed by atoms with van der Waals surface area (Å²) in [7, 11) is 3.18. The van der Waals surface area contributed by atoms with Crippen LogP contribution in [0.1, 0.15) is 16.5 Å². The first-order chi connectivity index (χ1) is 9.13. The number of halogens is 1. The van der Waals surface area contributed by atoms with E-state index in [9.17, 15) is 5.11 Å². The van der Waals surface area contributed by atoms with Crippen molar-refractivity contribution in [2.75, 3.05) is 14.2 Å². The van der Waals surface area contributed by atoms with Gasteiger partial charge in [-0.1, -0.05) is 6.07 Å². The van der Waals surface area contributed by atoms with Crippen LogP contribution in [0.3, 0.4) is 0 Å². The molecule has 0 saturated carbocycles. The number of ether oxygens (including phenoxy) is 2. The first kappa shape index (κ1) is 14.4. The monoisotopic (exact) mass is 342 g/mol. The van der Waals surface area contributed by atoms with E-state index in [-0.39, 0.29) is 0 Å². The van der Waals surface area contributed by atoms with Gasteiger partial charge in [0.2, 0.25) is 0 Å². The molecule has 0 bridgehead atoms. The smallest absolute Gasteiger partial charge is 0.161 e. The van der Waals surface area contributed by atoms with Gasteiger partial charge in [-0.3, -0.25) is 0 Å². The van der Waals surface area contributed by atoms with Crippen molar-refractivity contribution in [3.8, 4) is 11.5 Å². The molecule has 0 radical (unpaired) electrons. The van der Waals surface area contributed by atoms with Crippen LogP contribution in [0.25, 0.3) is 0 Å². The maximum Gasteiger partial charge on any atom is 0.161 e. The third kappa shape index (κ3) is 3.49. The second-order valence-corrected chi connectivity index (χ2v) is 5.98. The molecule has 0 fully saturated rings. The lowest BCUT2D eigenvalue weighted by molar-refractivity contribution is 0.179. The number of benzene rings is 1. The van der Waals surface area contributed by atoms with E-state index in [1.165, 1.54) is 0 Å². The molecule has 5 heteroatoms. The Balaban J connectivity index is 2.16. The van der Waals surface area contributed by atoms with Crippen LogP contribution in [0.15, 0.2) is 34.1 Å². The van der Waals surface area contributed by atoms with Crippen molar-refractivity contribution < 1.29 is 14.6 Å². The van der Waals surface area contributed by atoms with Crippen LogP contribution >= 0.6 is 27.3 Å². The summed E-state index contributed by atoms with van der Waals surface area (Å²) in [5.74, 6) is 1.30. The minimum absolute atomic E-state index is 0.551. The highest BCUT2D eigenvalue weighted by Gasteiger charge is 2.13. The van der Waals surface area contributed by atoms with E-state index >= 15 is 0 Å². The van der Waals surface area contributed by atoms with Crippen molar-refractivity contribution in [2.45, 2.75) is 12.5 Å².